The van der Waals surface area contributed by atoms with Crippen molar-refractivity contribution in [2.45, 2.75) is 43.8 Å². The Bertz CT molecular complexity index is 948. The summed E-state index contributed by atoms with van der Waals surface area (Å²) in [5.74, 6) is -1.69. The van der Waals surface area contributed by atoms with Crippen LogP contribution in [-0.2, 0) is 27.2 Å². The van der Waals surface area contributed by atoms with Crippen molar-refractivity contribution in [1.29, 1.82) is 0 Å². The van der Waals surface area contributed by atoms with E-state index < -0.39 is 30.0 Å². The monoisotopic (exact) mass is 439 g/mol. The first-order valence-electron chi connectivity index (χ1n) is 10.6. The van der Waals surface area contributed by atoms with Crippen LogP contribution in [0.15, 0.2) is 54.6 Å². The van der Waals surface area contributed by atoms with Crippen molar-refractivity contribution in [3.8, 4) is 5.75 Å². The summed E-state index contributed by atoms with van der Waals surface area (Å²) in [5.41, 5.74) is 7.76. The van der Waals surface area contributed by atoms with Crippen LogP contribution in [0.4, 0.5) is 0 Å². The second kappa shape index (κ2) is 10.3. The van der Waals surface area contributed by atoms with Crippen molar-refractivity contribution >= 4 is 17.8 Å². The number of carbonyl (C=O) groups is 3. The van der Waals surface area contributed by atoms with Gasteiger partial charge in [0, 0.05) is 20.0 Å². The highest BCUT2D eigenvalue weighted by atomic mass is 16.4. The standard InChI is InChI=1S/C24H29N3O5/c1-26(21(24(31)32)15-16-6-3-2-4-7-16)23(30)20-8-5-13-27(20)22(29)19(25)14-17-9-11-18(28)12-10-17/h2-4,6-7,9-12,19-21,28H,5,8,13-15,25H2,1H3,(H,31,32)/t19-,20-,21-/m0/s1. The van der Waals surface area contributed by atoms with E-state index in [9.17, 15) is 24.6 Å². The van der Waals surface area contributed by atoms with Crippen molar-refractivity contribution in [3.63, 3.8) is 0 Å². The van der Waals surface area contributed by atoms with E-state index in [1.54, 1.807) is 12.1 Å². The second-order valence-corrected chi connectivity index (χ2v) is 8.16. The summed E-state index contributed by atoms with van der Waals surface area (Å²) in [6.45, 7) is 0.406. The van der Waals surface area contributed by atoms with Crippen LogP contribution >= 0.6 is 0 Å². The number of carbonyl (C=O) groups excluding carboxylic acids is 2. The molecule has 1 saturated heterocycles. The fourth-order valence-corrected chi connectivity index (χ4v) is 4.09. The summed E-state index contributed by atoms with van der Waals surface area (Å²) >= 11 is 0. The van der Waals surface area contributed by atoms with E-state index in [0.717, 1.165) is 11.1 Å². The lowest BCUT2D eigenvalue weighted by Gasteiger charge is -2.32. The highest BCUT2D eigenvalue weighted by molar-refractivity contribution is 5.92. The molecule has 8 nitrogen and oxygen atoms in total. The predicted molar refractivity (Wildman–Crippen MR) is 119 cm³/mol. The number of nitrogens with zero attached hydrogens (tertiary/aromatic N) is 2. The lowest BCUT2D eigenvalue weighted by Crippen LogP contribution is -2.55. The van der Waals surface area contributed by atoms with Gasteiger partial charge in [-0.15, -0.1) is 0 Å². The molecule has 0 aromatic heterocycles. The molecule has 1 aliphatic heterocycles. The molecule has 3 atom stereocenters. The number of benzene rings is 2. The number of amides is 2. The van der Waals surface area contributed by atoms with Crippen molar-refractivity contribution in [2.24, 2.45) is 5.73 Å². The number of hydrogen-bond acceptors (Lipinski definition) is 5. The molecule has 0 unspecified atom stereocenters. The Labute approximate surface area is 187 Å². The summed E-state index contributed by atoms with van der Waals surface area (Å²) < 4.78 is 0. The molecule has 0 saturated carbocycles. The van der Waals surface area contributed by atoms with E-state index >= 15 is 0 Å². The maximum atomic E-state index is 13.2. The second-order valence-electron chi connectivity index (χ2n) is 8.16. The van der Waals surface area contributed by atoms with Crippen molar-refractivity contribution in [2.75, 3.05) is 13.6 Å². The molecular formula is C24H29N3O5. The van der Waals surface area contributed by atoms with Gasteiger partial charge in [-0.25, -0.2) is 4.79 Å². The normalized spacial score (nSPS) is 17.6. The van der Waals surface area contributed by atoms with Crippen LogP contribution in [-0.4, -0.2) is 69.5 Å². The zero-order valence-corrected chi connectivity index (χ0v) is 18.1. The highest BCUT2D eigenvalue weighted by Gasteiger charge is 2.40. The maximum absolute atomic E-state index is 13.2. The summed E-state index contributed by atoms with van der Waals surface area (Å²) in [4.78, 5) is 40.8. The lowest BCUT2D eigenvalue weighted by molar-refractivity contribution is -0.152. The van der Waals surface area contributed by atoms with Gasteiger partial charge in [0.15, 0.2) is 0 Å². The first-order valence-corrected chi connectivity index (χ1v) is 10.6. The largest absolute Gasteiger partial charge is 0.508 e. The van der Waals surface area contributed by atoms with Crippen molar-refractivity contribution in [3.05, 3.63) is 65.7 Å². The van der Waals surface area contributed by atoms with E-state index in [-0.39, 0.29) is 24.5 Å². The zero-order chi connectivity index (χ0) is 23.3. The number of phenolic OH excluding ortho intramolecular Hbond substituents is 1. The topological polar surface area (TPSA) is 124 Å². The summed E-state index contributed by atoms with van der Waals surface area (Å²) in [6.07, 6.45) is 1.58. The molecule has 0 aliphatic carbocycles. The molecular weight excluding hydrogens is 410 g/mol. The Hall–Kier alpha value is -3.39. The minimum Gasteiger partial charge on any atom is -0.508 e. The van der Waals surface area contributed by atoms with Crippen LogP contribution in [0.5, 0.6) is 5.75 Å². The van der Waals surface area contributed by atoms with Gasteiger partial charge in [-0.1, -0.05) is 42.5 Å². The number of aromatic hydroxyl groups is 1. The SMILES string of the molecule is CN(C(=O)[C@@H]1CCCN1C(=O)[C@@H](N)Cc1ccc(O)cc1)[C@@H](Cc1ccccc1)C(=O)O. The van der Waals surface area contributed by atoms with Gasteiger partial charge in [-0.3, -0.25) is 9.59 Å². The smallest absolute Gasteiger partial charge is 0.326 e. The number of likely N-dealkylation sites (tertiary alicyclic amines) is 1. The first kappa shape index (κ1) is 23.3. The summed E-state index contributed by atoms with van der Waals surface area (Å²) in [5, 5.41) is 19.1. The average molecular weight is 440 g/mol. The molecule has 3 rings (SSSR count). The van der Waals surface area contributed by atoms with Gasteiger partial charge in [0.2, 0.25) is 11.8 Å². The average Bonchev–Trinajstić information content (AvgIpc) is 3.27. The van der Waals surface area contributed by atoms with Crippen LogP contribution in [0.3, 0.4) is 0 Å². The number of nitrogens with two attached hydrogens (primary N) is 1. The minimum atomic E-state index is -1.09. The molecule has 8 heteroatoms. The van der Waals surface area contributed by atoms with Crippen LogP contribution in [0.1, 0.15) is 24.0 Å². The van der Waals surface area contributed by atoms with Crippen molar-refractivity contribution in [1.82, 2.24) is 9.80 Å². The Morgan fingerprint density at radius 3 is 2.31 bits per heavy atom. The number of carboxylic acid groups (broad SMARTS) is 1. The number of aliphatic carboxylic acids is 1. The van der Waals surface area contributed by atoms with Gasteiger partial charge >= 0.3 is 5.97 Å². The number of carboxylic acids is 1. The number of hydrogen-bond donors (Lipinski definition) is 3. The Morgan fingerprint density at radius 1 is 1.06 bits per heavy atom. The number of phenols is 1. The van der Waals surface area contributed by atoms with Crippen LogP contribution < -0.4 is 5.73 Å². The molecule has 0 spiro atoms. The molecule has 170 valence electrons. The molecule has 4 N–H and O–H groups in total. The highest BCUT2D eigenvalue weighted by Crippen LogP contribution is 2.22. The molecule has 1 heterocycles. The molecule has 2 amide bonds. The molecule has 32 heavy (non-hydrogen) atoms. The maximum Gasteiger partial charge on any atom is 0.326 e. The third-order valence-corrected chi connectivity index (χ3v) is 5.90. The molecule has 2 aromatic rings. The van der Waals surface area contributed by atoms with Gasteiger partial charge in [-0.05, 0) is 42.5 Å². The quantitative estimate of drug-likeness (QED) is 0.571. The minimum absolute atomic E-state index is 0.130. The van der Waals surface area contributed by atoms with Crippen LogP contribution in [0.25, 0.3) is 0 Å². The molecule has 0 bridgehead atoms. The van der Waals surface area contributed by atoms with E-state index in [1.165, 1.54) is 29.0 Å². The van der Waals surface area contributed by atoms with E-state index in [0.29, 0.717) is 19.4 Å². The first-order chi connectivity index (χ1) is 15.3. The fourth-order valence-electron chi connectivity index (χ4n) is 4.09. The summed E-state index contributed by atoms with van der Waals surface area (Å²) in [7, 11) is 1.47. The molecule has 1 fully saturated rings. The van der Waals surface area contributed by atoms with E-state index in [1.807, 2.05) is 30.3 Å². The number of likely N-dealkylation sites (N-methyl/N-ethyl adjacent to an activating group) is 1. The van der Waals surface area contributed by atoms with Gasteiger partial charge < -0.3 is 25.7 Å². The predicted octanol–water partition coefficient (Wildman–Crippen LogP) is 1.41. The molecule has 2 aromatic carbocycles. The third kappa shape index (κ3) is 5.45. The zero-order valence-electron chi connectivity index (χ0n) is 18.1. The third-order valence-electron chi connectivity index (χ3n) is 5.90. The Morgan fingerprint density at radius 2 is 1.69 bits per heavy atom. The van der Waals surface area contributed by atoms with Crippen molar-refractivity contribution < 1.29 is 24.6 Å². The molecule has 1 aliphatic rings. The van der Waals surface area contributed by atoms with Gasteiger partial charge in [0.25, 0.3) is 0 Å². The van der Waals surface area contributed by atoms with Gasteiger partial charge in [0.05, 0.1) is 6.04 Å². The summed E-state index contributed by atoms with van der Waals surface area (Å²) in [6, 6.07) is 13.0. The Balaban J connectivity index is 1.69. The fraction of sp³-hybridized carbons (Fsp3) is 0.375. The molecule has 0 radical (unpaired) electrons. The lowest BCUT2D eigenvalue weighted by atomic mass is 10.0. The van der Waals surface area contributed by atoms with Crippen LogP contribution in [0.2, 0.25) is 0 Å². The van der Waals surface area contributed by atoms with Gasteiger partial charge in [0.1, 0.15) is 17.8 Å². The van der Waals surface area contributed by atoms with E-state index in [4.69, 9.17) is 5.73 Å². The van der Waals surface area contributed by atoms with E-state index in [2.05, 4.69) is 0 Å². The van der Waals surface area contributed by atoms with Crippen LogP contribution in [0, 0.1) is 0 Å². The van der Waals surface area contributed by atoms with Gasteiger partial charge in [-0.2, -0.15) is 0 Å². The number of rotatable bonds is 8. The Kier molecular flexibility index (Phi) is 7.48.